The van der Waals surface area contributed by atoms with Crippen molar-refractivity contribution in [1.29, 1.82) is 0 Å². The van der Waals surface area contributed by atoms with Crippen molar-refractivity contribution in [2.24, 2.45) is 0 Å². The molecule has 0 heterocycles. The van der Waals surface area contributed by atoms with E-state index in [2.05, 4.69) is 33.1 Å². The Morgan fingerprint density at radius 2 is 1.02 bits per heavy atom. The zero-order chi connectivity index (χ0) is 36.9. The summed E-state index contributed by atoms with van der Waals surface area (Å²) in [5.41, 5.74) is 15.0. The molecule has 4 aromatic rings. The van der Waals surface area contributed by atoms with Crippen LogP contribution in [-0.2, 0) is 20.0 Å². The third-order valence-corrected chi connectivity index (χ3v) is 10.4. The van der Waals surface area contributed by atoms with Gasteiger partial charge in [0.1, 0.15) is 11.5 Å². The molecule has 0 aliphatic rings. The van der Waals surface area contributed by atoms with E-state index in [1.807, 2.05) is 45.9 Å². The van der Waals surface area contributed by atoms with Crippen LogP contribution in [0, 0.1) is 0 Å². The van der Waals surface area contributed by atoms with Gasteiger partial charge in [0.05, 0.1) is 40.1 Å². The number of sulfonamides is 2. The smallest absolute Gasteiger partial charge is 0.262 e. The summed E-state index contributed by atoms with van der Waals surface area (Å²) in [4.78, 5) is 4.56. The number of nitrogens with two attached hydrogens (primary N) is 2. The van der Waals surface area contributed by atoms with Crippen LogP contribution in [0.3, 0.4) is 0 Å². The first-order chi connectivity index (χ1) is 23.8. The lowest BCUT2D eigenvalue weighted by molar-refractivity contribution is 0.340. The molecule has 14 heteroatoms. The molecule has 4 aromatic carbocycles. The largest absolute Gasteiger partial charge is 0.494 e. The third-order valence-electron chi connectivity index (χ3n) is 7.65. The van der Waals surface area contributed by atoms with Gasteiger partial charge in [0.25, 0.3) is 20.0 Å². The van der Waals surface area contributed by atoms with E-state index in [9.17, 15) is 16.8 Å². The highest BCUT2D eigenvalue weighted by Gasteiger charge is 2.19. The van der Waals surface area contributed by atoms with Gasteiger partial charge in [0.15, 0.2) is 0 Å². The molecule has 0 aliphatic heterocycles. The van der Waals surface area contributed by atoms with Crippen molar-refractivity contribution in [3.63, 3.8) is 0 Å². The SMILES string of the molecule is CCOc1cc(N(CC)CC)ccc1NS(=O)(=O)c1ccc(N)cc1.CCOc1ccc(NS(=O)(=O)c2ccc(N)cc2)c(N(CC)CC)c1. The fraction of sp³-hybridized carbons (Fsp3) is 0.333. The van der Waals surface area contributed by atoms with Gasteiger partial charge in [-0.1, -0.05) is 0 Å². The summed E-state index contributed by atoms with van der Waals surface area (Å²) in [5, 5.41) is 0. The highest BCUT2D eigenvalue weighted by molar-refractivity contribution is 7.93. The highest BCUT2D eigenvalue weighted by Crippen LogP contribution is 2.33. The number of nitrogens with zero attached hydrogens (tertiary/aromatic N) is 2. The Labute approximate surface area is 297 Å². The minimum atomic E-state index is -3.71. The van der Waals surface area contributed by atoms with Gasteiger partial charge >= 0.3 is 0 Å². The van der Waals surface area contributed by atoms with Crippen LogP contribution in [0.2, 0.25) is 0 Å². The van der Waals surface area contributed by atoms with Crippen molar-refractivity contribution in [3.05, 3.63) is 84.9 Å². The standard InChI is InChI=1S/2C18H25N3O3S/c1-4-21(5-2)18-13-15(24-6-3)9-12-17(18)20-25(22,23)16-10-7-14(19)8-11-16;1-4-21(5-2)15-9-12-17(18(13-15)24-6-3)20-25(22,23)16-10-7-14(19)8-11-16/h2*7-13,20H,4-6,19H2,1-3H3. The second kappa shape index (κ2) is 18.3. The van der Waals surface area contributed by atoms with Crippen molar-refractivity contribution in [2.75, 3.05) is 70.1 Å². The molecule has 12 nitrogen and oxygen atoms in total. The number of nitrogen functional groups attached to an aromatic ring is 2. The van der Waals surface area contributed by atoms with Gasteiger partial charge in [-0.25, -0.2) is 16.8 Å². The molecule has 0 aromatic heterocycles. The molecule has 4 rings (SSSR count). The first-order valence-electron chi connectivity index (χ1n) is 16.6. The summed E-state index contributed by atoms with van der Waals surface area (Å²) < 4.78 is 67.0. The van der Waals surface area contributed by atoms with E-state index in [1.165, 1.54) is 24.3 Å². The van der Waals surface area contributed by atoms with Crippen LogP contribution in [0.4, 0.5) is 34.1 Å². The molecule has 0 saturated carbocycles. The molecule has 0 bridgehead atoms. The first kappa shape index (κ1) is 39.6. The molecule has 6 N–H and O–H groups in total. The zero-order valence-electron chi connectivity index (χ0n) is 29.6. The number of rotatable bonds is 16. The second-order valence-electron chi connectivity index (χ2n) is 10.9. The number of hydrogen-bond donors (Lipinski definition) is 4. The number of nitrogens with one attached hydrogen (secondary N) is 2. The van der Waals surface area contributed by atoms with Crippen LogP contribution in [0.5, 0.6) is 11.5 Å². The van der Waals surface area contributed by atoms with Gasteiger partial charge in [-0.3, -0.25) is 9.44 Å². The van der Waals surface area contributed by atoms with Crippen LogP contribution in [0.15, 0.2) is 94.7 Å². The van der Waals surface area contributed by atoms with Gasteiger partial charge in [-0.2, -0.15) is 0 Å². The molecule has 0 fully saturated rings. The Morgan fingerprint density at radius 3 is 1.48 bits per heavy atom. The fourth-order valence-corrected chi connectivity index (χ4v) is 7.18. The Kier molecular flexibility index (Phi) is 14.5. The highest BCUT2D eigenvalue weighted by atomic mass is 32.2. The van der Waals surface area contributed by atoms with E-state index >= 15 is 0 Å². The van der Waals surface area contributed by atoms with Crippen LogP contribution < -0.4 is 40.2 Å². The van der Waals surface area contributed by atoms with Gasteiger partial charge < -0.3 is 30.7 Å². The Balaban J connectivity index is 0.000000270. The molecule has 0 saturated heterocycles. The second-order valence-corrected chi connectivity index (χ2v) is 14.3. The lowest BCUT2D eigenvalue weighted by Gasteiger charge is -2.25. The molecule has 50 heavy (non-hydrogen) atoms. The summed E-state index contributed by atoms with van der Waals surface area (Å²) in [6.45, 7) is 16.2. The van der Waals surface area contributed by atoms with Crippen molar-refractivity contribution in [3.8, 4) is 11.5 Å². The maximum atomic E-state index is 12.7. The molecular weight excluding hydrogens is 677 g/mol. The van der Waals surface area contributed by atoms with E-state index in [0.29, 0.717) is 47.5 Å². The average Bonchev–Trinajstić information content (AvgIpc) is 3.09. The summed E-state index contributed by atoms with van der Waals surface area (Å²) in [6.07, 6.45) is 0. The predicted molar refractivity (Wildman–Crippen MR) is 206 cm³/mol. The van der Waals surface area contributed by atoms with E-state index in [-0.39, 0.29) is 9.79 Å². The van der Waals surface area contributed by atoms with Crippen molar-refractivity contribution >= 4 is 54.2 Å². The molecular formula is C36H50N6O6S2. The topological polar surface area (TPSA) is 169 Å². The Hall–Kier alpha value is -4.82. The Bertz CT molecular complexity index is 1880. The molecule has 0 atom stereocenters. The van der Waals surface area contributed by atoms with Crippen molar-refractivity contribution in [1.82, 2.24) is 0 Å². The van der Waals surface area contributed by atoms with Crippen LogP contribution in [0.1, 0.15) is 41.5 Å². The van der Waals surface area contributed by atoms with Crippen molar-refractivity contribution < 1.29 is 26.3 Å². The molecule has 0 spiro atoms. The molecule has 0 unspecified atom stereocenters. The molecule has 0 aliphatic carbocycles. The molecule has 0 amide bonds. The summed E-state index contributed by atoms with van der Waals surface area (Å²) in [7, 11) is -7.42. The number of ether oxygens (including phenoxy) is 2. The van der Waals surface area contributed by atoms with E-state index in [1.54, 1.807) is 42.5 Å². The van der Waals surface area contributed by atoms with Gasteiger partial charge in [-0.15, -0.1) is 0 Å². The summed E-state index contributed by atoms with van der Waals surface area (Å²) >= 11 is 0. The number of benzene rings is 4. The van der Waals surface area contributed by atoms with Crippen LogP contribution in [0.25, 0.3) is 0 Å². The van der Waals surface area contributed by atoms with Crippen LogP contribution >= 0.6 is 0 Å². The fourth-order valence-electron chi connectivity index (χ4n) is 5.04. The monoisotopic (exact) mass is 726 g/mol. The van der Waals surface area contributed by atoms with E-state index in [4.69, 9.17) is 20.9 Å². The first-order valence-corrected chi connectivity index (χ1v) is 19.6. The van der Waals surface area contributed by atoms with Crippen molar-refractivity contribution in [2.45, 2.75) is 51.3 Å². The van der Waals surface area contributed by atoms with E-state index in [0.717, 1.165) is 37.6 Å². The lowest BCUT2D eigenvalue weighted by atomic mass is 10.2. The minimum absolute atomic E-state index is 0.150. The summed E-state index contributed by atoms with van der Waals surface area (Å²) in [5.74, 6) is 1.21. The maximum absolute atomic E-state index is 12.7. The number of anilines is 6. The molecule has 0 radical (unpaired) electrons. The zero-order valence-corrected chi connectivity index (χ0v) is 31.3. The maximum Gasteiger partial charge on any atom is 0.262 e. The summed E-state index contributed by atoms with van der Waals surface area (Å²) in [6, 6.07) is 23.0. The quantitative estimate of drug-likeness (QED) is 0.0920. The minimum Gasteiger partial charge on any atom is -0.494 e. The predicted octanol–water partition coefficient (Wildman–Crippen LogP) is 6.63. The van der Waals surface area contributed by atoms with Gasteiger partial charge in [0, 0.05) is 55.4 Å². The van der Waals surface area contributed by atoms with Crippen LogP contribution in [-0.4, -0.2) is 56.2 Å². The normalized spacial score (nSPS) is 11.2. The third kappa shape index (κ3) is 10.6. The van der Waals surface area contributed by atoms with Gasteiger partial charge in [0.2, 0.25) is 0 Å². The average molecular weight is 727 g/mol. The lowest BCUT2D eigenvalue weighted by Crippen LogP contribution is -2.24. The van der Waals surface area contributed by atoms with Gasteiger partial charge in [-0.05, 0) is 114 Å². The Morgan fingerprint density at radius 1 is 0.560 bits per heavy atom. The molecule has 272 valence electrons. The van der Waals surface area contributed by atoms with E-state index < -0.39 is 20.0 Å². The number of hydrogen-bond acceptors (Lipinski definition) is 10.